The van der Waals surface area contributed by atoms with E-state index in [1.54, 1.807) is 7.11 Å². The minimum atomic E-state index is 0.520. The van der Waals surface area contributed by atoms with Crippen molar-refractivity contribution in [2.75, 3.05) is 13.7 Å². The van der Waals surface area contributed by atoms with Gasteiger partial charge in [0.05, 0.1) is 19.8 Å². The molecule has 1 aromatic rings. The smallest absolute Gasteiger partial charge is 0.122 e. The van der Waals surface area contributed by atoms with Gasteiger partial charge < -0.3 is 9.47 Å². The monoisotopic (exact) mass is 206 g/mol. The van der Waals surface area contributed by atoms with Gasteiger partial charge in [-0.25, -0.2) is 0 Å². The van der Waals surface area contributed by atoms with E-state index in [4.69, 9.17) is 9.47 Å². The van der Waals surface area contributed by atoms with E-state index in [2.05, 4.69) is 26.0 Å². The summed E-state index contributed by atoms with van der Waals surface area (Å²) >= 11 is 0. The van der Waals surface area contributed by atoms with Gasteiger partial charge in [0.25, 0.3) is 0 Å². The number of hydrogen-bond donors (Lipinski definition) is 0. The third-order valence-electron chi connectivity index (χ3n) is 3.21. The van der Waals surface area contributed by atoms with Crippen LogP contribution in [0, 0.1) is 13.8 Å². The number of hydrogen-bond acceptors (Lipinski definition) is 2. The summed E-state index contributed by atoms with van der Waals surface area (Å²) in [5, 5.41) is 0. The van der Waals surface area contributed by atoms with E-state index in [1.807, 2.05) is 0 Å². The maximum atomic E-state index is 5.29. The highest BCUT2D eigenvalue weighted by Gasteiger charge is 2.22. The molecular formula is C13H18O2. The Hall–Kier alpha value is -1.02. The third-order valence-corrected chi connectivity index (χ3v) is 3.21. The van der Waals surface area contributed by atoms with Crippen molar-refractivity contribution in [3.63, 3.8) is 0 Å². The van der Waals surface area contributed by atoms with E-state index < -0.39 is 0 Å². The number of rotatable bonds is 4. The summed E-state index contributed by atoms with van der Waals surface area (Å²) in [7, 11) is 1.72. The molecule has 0 aromatic heterocycles. The lowest BCUT2D eigenvalue weighted by Crippen LogP contribution is -1.98. The average molecular weight is 206 g/mol. The number of epoxide rings is 1. The van der Waals surface area contributed by atoms with Gasteiger partial charge >= 0.3 is 0 Å². The number of aryl methyl sites for hydroxylation is 1. The lowest BCUT2D eigenvalue weighted by molar-refractivity contribution is 0.396. The number of benzene rings is 1. The molecule has 1 heterocycles. The number of ether oxygens (including phenoxy) is 2. The van der Waals surface area contributed by atoms with Crippen LogP contribution in [0.5, 0.6) is 5.75 Å². The fraction of sp³-hybridized carbons (Fsp3) is 0.538. The Kier molecular flexibility index (Phi) is 2.96. The molecular weight excluding hydrogens is 188 g/mol. The van der Waals surface area contributed by atoms with Crippen molar-refractivity contribution < 1.29 is 9.47 Å². The van der Waals surface area contributed by atoms with Gasteiger partial charge in [-0.2, -0.15) is 0 Å². The second kappa shape index (κ2) is 4.23. The summed E-state index contributed by atoms with van der Waals surface area (Å²) in [6.07, 6.45) is 2.78. The lowest BCUT2D eigenvalue weighted by atomic mass is 9.98. The molecule has 0 radical (unpaired) electrons. The van der Waals surface area contributed by atoms with Gasteiger partial charge in [0.15, 0.2) is 0 Å². The summed E-state index contributed by atoms with van der Waals surface area (Å²) in [5.41, 5.74) is 4.03. The molecule has 0 N–H and O–H groups in total. The van der Waals surface area contributed by atoms with E-state index in [0.29, 0.717) is 6.10 Å². The van der Waals surface area contributed by atoms with Crippen molar-refractivity contribution >= 4 is 0 Å². The Bertz CT molecular complexity index is 354. The highest BCUT2D eigenvalue weighted by Crippen LogP contribution is 2.26. The summed E-state index contributed by atoms with van der Waals surface area (Å²) in [6, 6.07) is 4.23. The molecule has 1 aliphatic rings. The van der Waals surface area contributed by atoms with Crippen LogP contribution in [0.25, 0.3) is 0 Å². The van der Waals surface area contributed by atoms with Crippen molar-refractivity contribution in [3.8, 4) is 5.75 Å². The first-order valence-corrected chi connectivity index (χ1v) is 5.47. The highest BCUT2D eigenvalue weighted by atomic mass is 16.6. The van der Waals surface area contributed by atoms with Gasteiger partial charge in [-0.15, -0.1) is 0 Å². The van der Waals surface area contributed by atoms with Crippen molar-refractivity contribution in [3.05, 3.63) is 28.8 Å². The van der Waals surface area contributed by atoms with Crippen molar-refractivity contribution in [1.29, 1.82) is 0 Å². The molecule has 0 aliphatic carbocycles. The van der Waals surface area contributed by atoms with E-state index in [9.17, 15) is 0 Å². The topological polar surface area (TPSA) is 21.8 Å². The van der Waals surface area contributed by atoms with Crippen molar-refractivity contribution in [2.45, 2.75) is 32.8 Å². The summed E-state index contributed by atoms with van der Waals surface area (Å²) in [5.74, 6) is 0.985. The van der Waals surface area contributed by atoms with Crippen LogP contribution in [-0.4, -0.2) is 19.8 Å². The minimum Gasteiger partial charge on any atom is -0.496 e. The SMILES string of the molecule is COc1ccc(CCC2CO2)c(C)c1C. The van der Waals surface area contributed by atoms with E-state index in [1.165, 1.54) is 16.7 Å². The molecule has 2 nitrogen and oxygen atoms in total. The largest absolute Gasteiger partial charge is 0.496 e. The first-order chi connectivity index (χ1) is 7.22. The normalized spacial score (nSPS) is 19.0. The Morgan fingerprint density at radius 2 is 2.07 bits per heavy atom. The second-order valence-corrected chi connectivity index (χ2v) is 4.17. The molecule has 15 heavy (non-hydrogen) atoms. The Morgan fingerprint density at radius 1 is 1.33 bits per heavy atom. The van der Waals surface area contributed by atoms with E-state index >= 15 is 0 Å². The second-order valence-electron chi connectivity index (χ2n) is 4.17. The lowest BCUT2D eigenvalue weighted by Gasteiger charge is -2.12. The maximum absolute atomic E-state index is 5.29. The van der Waals surface area contributed by atoms with E-state index in [0.717, 1.165) is 25.2 Å². The van der Waals surface area contributed by atoms with Crippen LogP contribution in [0.15, 0.2) is 12.1 Å². The maximum Gasteiger partial charge on any atom is 0.122 e. The van der Waals surface area contributed by atoms with Crippen LogP contribution in [0.1, 0.15) is 23.1 Å². The molecule has 0 saturated carbocycles. The fourth-order valence-corrected chi connectivity index (χ4v) is 1.90. The summed E-state index contributed by atoms with van der Waals surface area (Å²) in [6.45, 7) is 5.24. The molecule has 1 atom stereocenters. The van der Waals surface area contributed by atoms with Crippen LogP contribution >= 0.6 is 0 Å². The molecule has 2 rings (SSSR count). The highest BCUT2D eigenvalue weighted by molar-refractivity contribution is 5.43. The van der Waals surface area contributed by atoms with Gasteiger partial charge in [-0.1, -0.05) is 6.07 Å². The molecule has 1 unspecified atom stereocenters. The molecule has 1 saturated heterocycles. The Morgan fingerprint density at radius 3 is 2.67 bits per heavy atom. The van der Waals surface area contributed by atoms with Crippen LogP contribution in [0.2, 0.25) is 0 Å². The number of methoxy groups -OCH3 is 1. The molecule has 1 aliphatic heterocycles. The molecule has 2 heteroatoms. The van der Waals surface area contributed by atoms with Crippen LogP contribution in [0.3, 0.4) is 0 Å². The zero-order valence-electron chi connectivity index (χ0n) is 9.67. The molecule has 0 spiro atoms. The Labute approximate surface area is 91.2 Å². The van der Waals surface area contributed by atoms with E-state index in [-0.39, 0.29) is 0 Å². The van der Waals surface area contributed by atoms with Crippen molar-refractivity contribution in [2.24, 2.45) is 0 Å². The fourth-order valence-electron chi connectivity index (χ4n) is 1.90. The zero-order chi connectivity index (χ0) is 10.8. The van der Waals surface area contributed by atoms with Gasteiger partial charge in [-0.3, -0.25) is 0 Å². The molecule has 0 amide bonds. The van der Waals surface area contributed by atoms with Crippen molar-refractivity contribution in [1.82, 2.24) is 0 Å². The quantitative estimate of drug-likeness (QED) is 0.706. The van der Waals surface area contributed by atoms with Gasteiger partial charge in [0.2, 0.25) is 0 Å². The molecule has 1 aromatic carbocycles. The predicted octanol–water partition coefficient (Wildman–Crippen LogP) is 2.64. The minimum absolute atomic E-state index is 0.520. The van der Waals surface area contributed by atoms with Crippen LogP contribution < -0.4 is 4.74 Å². The van der Waals surface area contributed by atoms with Gasteiger partial charge in [-0.05, 0) is 49.4 Å². The summed E-state index contributed by atoms with van der Waals surface area (Å²) < 4.78 is 10.5. The standard InChI is InChI=1S/C13H18O2/c1-9-10(2)13(14-3)7-5-11(9)4-6-12-8-15-12/h5,7,12H,4,6,8H2,1-3H3. The molecule has 1 fully saturated rings. The zero-order valence-corrected chi connectivity index (χ0v) is 9.67. The average Bonchev–Trinajstić information content (AvgIpc) is 3.04. The summed E-state index contributed by atoms with van der Waals surface area (Å²) in [4.78, 5) is 0. The van der Waals surface area contributed by atoms with Gasteiger partial charge in [0.1, 0.15) is 5.75 Å². The van der Waals surface area contributed by atoms with Gasteiger partial charge in [0, 0.05) is 0 Å². The first-order valence-electron chi connectivity index (χ1n) is 5.47. The Balaban J connectivity index is 2.12. The predicted molar refractivity (Wildman–Crippen MR) is 60.5 cm³/mol. The molecule has 82 valence electrons. The van der Waals surface area contributed by atoms with Crippen LogP contribution in [-0.2, 0) is 11.2 Å². The van der Waals surface area contributed by atoms with Crippen LogP contribution in [0.4, 0.5) is 0 Å². The molecule has 0 bridgehead atoms. The third kappa shape index (κ3) is 2.32. The first kappa shape index (κ1) is 10.5.